The SMILES string of the molecule is CCN=c1scc(-c2cccs2)n1N=C(C)c1ccc(Cl)cc1. The predicted molar refractivity (Wildman–Crippen MR) is 101 cm³/mol. The van der Waals surface area contributed by atoms with E-state index >= 15 is 0 Å². The Morgan fingerprint density at radius 1 is 1.17 bits per heavy atom. The zero-order valence-electron chi connectivity index (χ0n) is 12.9. The summed E-state index contributed by atoms with van der Waals surface area (Å²) in [5, 5.41) is 9.72. The molecule has 2 aromatic heterocycles. The van der Waals surface area contributed by atoms with Gasteiger partial charge < -0.3 is 0 Å². The molecule has 0 aliphatic carbocycles. The van der Waals surface area contributed by atoms with Gasteiger partial charge in [0.2, 0.25) is 4.80 Å². The lowest BCUT2D eigenvalue weighted by molar-refractivity contribution is 0.829. The molecule has 0 atom stereocenters. The Kier molecular flexibility index (Phi) is 5.10. The van der Waals surface area contributed by atoms with Gasteiger partial charge in [0.25, 0.3) is 0 Å². The molecular weight excluding hydrogens is 346 g/mol. The Labute approximate surface area is 148 Å². The van der Waals surface area contributed by atoms with Gasteiger partial charge in [0.05, 0.1) is 16.3 Å². The van der Waals surface area contributed by atoms with E-state index in [1.165, 1.54) is 4.88 Å². The van der Waals surface area contributed by atoms with E-state index in [0.29, 0.717) is 0 Å². The van der Waals surface area contributed by atoms with Gasteiger partial charge in [-0.3, -0.25) is 4.99 Å². The topological polar surface area (TPSA) is 29.6 Å². The van der Waals surface area contributed by atoms with Crippen molar-refractivity contribution < 1.29 is 0 Å². The Morgan fingerprint density at radius 3 is 2.61 bits per heavy atom. The second kappa shape index (κ2) is 7.25. The van der Waals surface area contributed by atoms with E-state index in [1.54, 1.807) is 22.7 Å². The van der Waals surface area contributed by atoms with Crippen molar-refractivity contribution >= 4 is 40.0 Å². The molecule has 3 aromatic rings. The molecule has 0 saturated heterocycles. The summed E-state index contributed by atoms with van der Waals surface area (Å²) in [6.45, 7) is 4.77. The van der Waals surface area contributed by atoms with Crippen molar-refractivity contribution in [2.45, 2.75) is 13.8 Å². The Balaban J connectivity index is 2.10. The van der Waals surface area contributed by atoms with Gasteiger partial charge in [-0.05, 0) is 43.0 Å². The maximum Gasteiger partial charge on any atom is 0.206 e. The summed E-state index contributed by atoms with van der Waals surface area (Å²) < 4.78 is 1.93. The molecular formula is C17H16ClN3S2. The van der Waals surface area contributed by atoms with E-state index in [0.717, 1.165) is 33.3 Å². The fourth-order valence-electron chi connectivity index (χ4n) is 2.13. The number of rotatable bonds is 4. The lowest BCUT2D eigenvalue weighted by Crippen LogP contribution is -2.14. The van der Waals surface area contributed by atoms with Crippen LogP contribution in [0.15, 0.2) is 57.3 Å². The first kappa shape index (κ1) is 16.2. The Morgan fingerprint density at radius 2 is 1.96 bits per heavy atom. The maximum atomic E-state index is 5.96. The molecule has 0 amide bonds. The van der Waals surface area contributed by atoms with Crippen LogP contribution in [0.4, 0.5) is 0 Å². The highest BCUT2D eigenvalue weighted by Gasteiger charge is 2.09. The Bertz CT molecular complexity index is 871. The number of nitrogens with zero attached hydrogens (tertiary/aromatic N) is 3. The minimum absolute atomic E-state index is 0.727. The third kappa shape index (κ3) is 3.63. The number of hydrogen-bond acceptors (Lipinski definition) is 4. The van der Waals surface area contributed by atoms with Crippen molar-refractivity contribution in [3.05, 3.63) is 62.5 Å². The average Bonchev–Trinajstić information content (AvgIpc) is 3.19. The van der Waals surface area contributed by atoms with Crippen LogP contribution in [0.1, 0.15) is 19.4 Å². The van der Waals surface area contributed by atoms with E-state index in [9.17, 15) is 0 Å². The molecule has 6 heteroatoms. The number of thiazole rings is 1. The molecule has 1 aromatic carbocycles. The number of aromatic nitrogens is 1. The molecule has 3 rings (SSSR count). The number of benzene rings is 1. The summed E-state index contributed by atoms with van der Waals surface area (Å²) in [7, 11) is 0. The molecule has 0 spiro atoms. The highest BCUT2D eigenvalue weighted by molar-refractivity contribution is 7.14. The van der Waals surface area contributed by atoms with E-state index in [2.05, 4.69) is 27.9 Å². The summed E-state index contributed by atoms with van der Waals surface area (Å²) in [4.78, 5) is 6.65. The molecule has 0 aliphatic heterocycles. The molecule has 0 bridgehead atoms. The third-order valence-corrected chi connectivity index (χ3v) is 5.26. The van der Waals surface area contributed by atoms with Gasteiger partial charge in [-0.25, -0.2) is 4.68 Å². The zero-order chi connectivity index (χ0) is 16.2. The number of halogens is 1. The largest absolute Gasteiger partial charge is 0.258 e. The molecule has 0 unspecified atom stereocenters. The molecule has 3 nitrogen and oxygen atoms in total. The number of thiophene rings is 1. The highest BCUT2D eigenvalue weighted by atomic mass is 35.5. The molecule has 0 saturated carbocycles. The van der Waals surface area contributed by atoms with Crippen molar-refractivity contribution in [3.8, 4) is 10.6 Å². The first-order valence-corrected chi connectivity index (χ1v) is 9.39. The van der Waals surface area contributed by atoms with Gasteiger partial charge in [-0.2, -0.15) is 5.10 Å². The fourth-order valence-corrected chi connectivity index (χ4v) is 3.95. The Hall–Kier alpha value is -1.69. The van der Waals surface area contributed by atoms with Crippen molar-refractivity contribution in [1.82, 2.24) is 4.68 Å². The van der Waals surface area contributed by atoms with Crippen LogP contribution in [0.25, 0.3) is 10.6 Å². The second-order valence-electron chi connectivity index (χ2n) is 4.86. The van der Waals surface area contributed by atoms with Crippen LogP contribution >= 0.6 is 34.3 Å². The highest BCUT2D eigenvalue weighted by Crippen LogP contribution is 2.25. The van der Waals surface area contributed by atoms with Gasteiger partial charge >= 0.3 is 0 Å². The van der Waals surface area contributed by atoms with Crippen LogP contribution in [-0.2, 0) is 0 Å². The molecule has 0 fully saturated rings. The van der Waals surface area contributed by atoms with Crippen molar-refractivity contribution in [2.24, 2.45) is 10.1 Å². The minimum Gasteiger partial charge on any atom is -0.258 e. The standard InChI is InChI=1S/C17H16ClN3S2/c1-3-19-17-21(15(11-23-17)16-5-4-10-22-16)20-12(2)13-6-8-14(18)9-7-13/h4-11H,3H2,1-2H3. The van der Waals surface area contributed by atoms with Crippen LogP contribution in [0, 0.1) is 0 Å². The van der Waals surface area contributed by atoms with Crippen molar-refractivity contribution in [1.29, 1.82) is 0 Å². The average molecular weight is 362 g/mol. The molecule has 0 aliphatic rings. The second-order valence-corrected chi connectivity index (χ2v) is 7.08. The van der Waals surface area contributed by atoms with Crippen molar-refractivity contribution in [2.75, 3.05) is 6.54 Å². The summed E-state index contributed by atoms with van der Waals surface area (Å²) >= 11 is 9.28. The molecule has 23 heavy (non-hydrogen) atoms. The van der Waals surface area contributed by atoms with Gasteiger partial charge in [0.1, 0.15) is 0 Å². The lowest BCUT2D eigenvalue weighted by Gasteiger charge is -2.05. The zero-order valence-corrected chi connectivity index (χ0v) is 15.3. The quantitative estimate of drug-likeness (QED) is 0.577. The van der Waals surface area contributed by atoms with Gasteiger partial charge in [0, 0.05) is 16.9 Å². The predicted octanol–water partition coefficient (Wildman–Crippen LogP) is 5.12. The lowest BCUT2D eigenvalue weighted by atomic mass is 10.1. The van der Waals surface area contributed by atoms with E-state index in [-0.39, 0.29) is 0 Å². The molecule has 0 N–H and O–H groups in total. The summed E-state index contributed by atoms with van der Waals surface area (Å²) in [5.74, 6) is 0. The van der Waals surface area contributed by atoms with E-state index in [4.69, 9.17) is 16.7 Å². The third-order valence-electron chi connectivity index (χ3n) is 3.26. The van der Waals surface area contributed by atoms with Gasteiger partial charge in [-0.15, -0.1) is 22.7 Å². The smallest absolute Gasteiger partial charge is 0.206 e. The van der Waals surface area contributed by atoms with Gasteiger partial charge in [-0.1, -0.05) is 29.8 Å². The summed E-state index contributed by atoms with van der Waals surface area (Å²) in [5.41, 5.74) is 3.05. The summed E-state index contributed by atoms with van der Waals surface area (Å²) in [6.07, 6.45) is 0. The fraction of sp³-hybridized carbons (Fsp3) is 0.176. The van der Waals surface area contributed by atoms with E-state index in [1.807, 2.05) is 42.8 Å². The molecule has 118 valence electrons. The first-order chi connectivity index (χ1) is 11.2. The number of hydrogen-bond donors (Lipinski definition) is 0. The van der Waals surface area contributed by atoms with Gasteiger partial charge in [0.15, 0.2) is 0 Å². The van der Waals surface area contributed by atoms with Crippen LogP contribution in [-0.4, -0.2) is 16.9 Å². The van der Waals surface area contributed by atoms with Crippen molar-refractivity contribution in [3.63, 3.8) is 0 Å². The van der Waals surface area contributed by atoms with Crippen LogP contribution in [0.3, 0.4) is 0 Å². The van der Waals surface area contributed by atoms with E-state index < -0.39 is 0 Å². The minimum atomic E-state index is 0.727. The van der Waals surface area contributed by atoms with Crippen LogP contribution in [0.2, 0.25) is 5.02 Å². The maximum absolute atomic E-state index is 5.96. The van der Waals surface area contributed by atoms with Crippen LogP contribution in [0.5, 0.6) is 0 Å². The normalized spacial score (nSPS) is 12.8. The molecule has 2 heterocycles. The molecule has 0 radical (unpaired) electrons. The van der Waals surface area contributed by atoms with Crippen LogP contribution < -0.4 is 4.80 Å². The first-order valence-electron chi connectivity index (χ1n) is 7.25. The monoisotopic (exact) mass is 361 g/mol. The summed E-state index contributed by atoms with van der Waals surface area (Å²) in [6, 6.07) is 11.9.